The zero-order valence-electron chi connectivity index (χ0n) is 15.3. The molecular weight excluding hydrogens is 378 g/mol. The molecule has 1 N–H and O–H groups in total. The highest BCUT2D eigenvalue weighted by atomic mass is 32.2. The zero-order valence-corrected chi connectivity index (χ0v) is 16.9. The normalized spacial score (nSPS) is 11.4. The number of aromatic amines is 1. The van der Waals surface area contributed by atoms with Crippen LogP contribution in [0.1, 0.15) is 27.7 Å². The van der Waals surface area contributed by atoms with Gasteiger partial charge in [0.1, 0.15) is 16.5 Å². The summed E-state index contributed by atoms with van der Waals surface area (Å²) in [6, 6.07) is 10.2. The van der Waals surface area contributed by atoms with Crippen molar-refractivity contribution < 1.29 is 0 Å². The minimum Gasteiger partial charge on any atom is -0.309 e. The van der Waals surface area contributed by atoms with E-state index < -0.39 is 0 Å². The second-order valence-corrected chi connectivity index (χ2v) is 8.51. The standard InChI is InChI=1S/C19H19N5OS2/c1-11-12(2)27-18-16(11)17(25)20-15(21-18)10-26-19-23-22-13(3)24(19)9-14-7-5-4-6-8-14/h4-8H,9-10H2,1-3H3,(H,20,21,25). The smallest absolute Gasteiger partial charge is 0.259 e. The van der Waals surface area contributed by atoms with Crippen LogP contribution in [0, 0.1) is 20.8 Å². The Morgan fingerprint density at radius 3 is 2.70 bits per heavy atom. The molecule has 3 aromatic heterocycles. The van der Waals surface area contributed by atoms with E-state index >= 15 is 0 Å². The number of thiophene rings is 1. The van der Waals surface area contributed by atoms with Crippen molar-refractivity contribution in [1.29, 1.82) is 0 Å². The molecule has 0 fully saturated rings. The van der Waals surface area contributed by atoms with Gasteiger partial charge in [-0.3, -0.25) is 4.79 Å². The number of nitrogens with one attached hydrogen (secondary N) is 1. The number of benzene rings is 1. The molecule has 0 unspecified atom stereocenters. The number of aryl methyl sites for hydroxylation is 3. The van der Waals surface area contributed by atoms with Crippen molar-refractivity contribution >= 4 is 33.3 Å². The van der Waals surface area contributed by atoms with Gasteiger partial charge >= 0.3 is 0 Å². The molecule has 138 valence electrons. The van der Waals surface area contributed by atoms with E-state index in [0.29, 0.717) is 23.5 Å². The molecule has 1 aromatic carbocycles. The number of aromatic nitrogens is 5. The first kappa shape index (κ1) is 17.9. The quantitative estimate of drug-likeness (QED) is 0.518. The lowest BCUT2D eigenvalue weighted by molar-refractivity contribution is 0.688. The summed E-state index contributed by atoms with van der Waals surface area (Å²) in [6.07, 6.45) is 0. The highest BCUT2D eigenvalue weighted by Gasteiger charge is 2.14. The van der Waals surface area contributed by atoms with Gasteiger partial charge in [-0.15, -0.1) is 21.5 Å². The molecule has 0 amide bonds. The number of fused-ring (bicyclic) bond motifs is 1. The van der Waals surface area contributed by atoms with E-state index in [4.69, 9.17) is 0 Å². The molecule has 0 radical (unpaired) electrons. The lowest BCUT2D eigenvalue weighted by atomic mass is 10.2. The molecular formula is C19H19N5OS2. The average Bonchev–Trinajstić information content (AvgIpc) is 3.14. The lowest BCUT2D eigenvalue weighted by Crippen LogP contribution is -2.11. The van der Waals surface area contributed by atoms with Crippen LogP contribution in [-0.4, -0.2) is 24.7 Å². The second-order valence-electron chi connectivity index (χ2n) is 6.37. The van der Waals surface area contributed by atoms with Gasteiger partial charge in [0.05, 0.1) is 17.7 Å². The third-order valence-electron chi connectivity index (χ3n) is 4.51. The number of H-pyrrole nitrogens is 1. The third-order valence-corrected chi connectivity index (χ3v) is 6.59. The predicted molar refractivity (Wildman–Crippen MR) is 110 cm³/mol. The van der Waals surface area contributed by atoms with Gasteiger partial charge in [0, 0.05) is 4.88 Å². The van der Waals surface area contributed by atoms with Crippen molar-refractivity contribution in [2.24, 2.45) is 0 Å². The van der Waals surface area contributed by atoms with Gasteiger partial charge in [0.15, 0.2) is 5.16 Å². The molecule has 0 saturated heterocycles. The van der Waals surface area contributed by atoms with Gasteiger partial charge < -0.3 is 9.55 Å². The Hall–Kier alpha value is -2.45. The average molecular weight is 398 g/mol. The monoisotopic (exact) mass is 397 g/mol. The molecule has 8 heteroatoms. The Bertz CT molecular complexity index is 1160. The Morgan fingerprint density at radius 1 is 1.15 bits per heavy atom. The van der Waals surface area contributed by atoms with Crippen molar-refractivity contribution in [3.63, 3.8) is 0 Å². The summed E-state index contributed by atoms with van der Waals surface area (Å²) >= 11 is 3.09. The van der Waals surface area contributed by atoms with E-state index in [-0.39, 0.29) is 5.56 Å². The molecule has 0 bridgehead atoms. The summed E-state index contributed by atoms with van der Waals surface area (Å²) in [5.41, 5.74) is 2.14. The lowest BCUT2D eigenvalue weighted by Gasteiger charge is -2.08. The van der Waals surface area contributed by atoms with Crippen molar-refractivity contribution in [3.05, 3.63) is 68.3 Å². The van der Waals surface area contributed by atoms with Crippen LogP contribution in [0.25, 0.3) is 10.2 Å². The maximum atomic E-state index is 12.4. The van der Waals surface area contributed by atoms with E-state index in [0.717, 1.165) is 26.3 Å². The number of rotatable bonds is 5. The van der Waals surface area contributed by atoms with Gasteiger partial charge in [0.25, 0.3) is 5.56 Å². The molecule has 3 heterocycles. The zero-order chi connectivity index (χ0) is 19.0. The Morgan fingerprint density at radius 2 is 1.93 bits per heavy atom. The molecule has 0 atom stereocenters. The van der Waals surface area contributed by atoms with Crippen molar-refractivity contribution in [3.8, 4) is 0 Å². The van der Waals surface area contributed by atoms with Crippen LogP contribution in [0.5, 0.6) is 0 Å². The molecule has 0 spiro atoms. The maximum Gasteiger partial charge on any atom is 0.259 e. The number of hydrogen-bond donors (Lipinski definition) is 1. The van der Waals surface area contributed by atoms with E-state index in [1.54, 1.807) is 11.3 Å². The van der Waals surface area contributed by atoms with Gasteiger partial charge in [-0.2, -0.15) is 0 Å². The minimum atomic E-state index is -0.0700. The van der Waals surface area contributed by atoms with E-state index in [1.165, 1.54) is 17.3 Å². The van der Waals surface area contributed by atoms with Gasteiger partial charge in [0.2, 0.25) is 0 Å². The van der Waals surface area contributed by atoms with Crippen LogP contribution in [0.3, 0.4) is 0 Å². The summed E-state index contributed by atoms with van der Waals surface area (Å²) in [5.74, 6) is 2.06. The van der Waals surface area contributed by atoms with Crippen LogP contribution < -0.4 is 5.56 Å². The van der Waals surface area contributed by atoms with Gasteiger partial charge in [-0.05, 0) is 31.9 Å². The van der Waals surface area contributed by atoms with Crippen LogP contribution in [0.2, 0.25) is 0 Å². The molecule has 0 aliphatic rings. The van der Waals surface area contributed by atoms with Gasteiger partial charge in [-0.1, -0.05) is 42.1 Å². The Labute approximate surface area is 164 Å². The maximum absolute atomic E-state index is 12.4. The van der Waals surface area contributed by atoms with E-state index in [2.05, 4.69) is 36.9 Å². The van der Waals surface area contributed by atoms with Crippen LogP contribution in [0.15, 0.2) is 40.3 Å². The molecule has 4 aromatic rings. The highest BCUT2D eigenvalue weighted by Crippen LogP contribution is 2.27. The van der Waals surface area contributed by atoms with Crippen molar-refractivity contribution in [1.82, 2.24) is 24.7 Å². The molecule has 0 saturated carbocycles. The predicted octanol–water partition coefficient (Wildman–Crippen LogP) is 3.84. The number of thioether (sulfide) groups is 1. The number of nitrogens with zero attached hydrogens (tertiary/aromatic N) is 4. The van der Waals surface area contributed by atoms with Crippen molar-refractivity contribution in [2.45, 2.75) is 38.2 Å². The fourth-order valence-electron chi connectivity index (χ4n) is 2.92. The molecule has 27 heavy (non-hydrogen) atoms. The first-order valence-electron chi connectivity index (χ1n) is 8.58. The summed E-state index contributed by atoms with van der Waals surface area (Å²) < 4.78 is 2.08. The molecule has 0 aliphatic heterocycles. The van der Waals surface area contributed by atoms with E-state index in [1.807, 2.05) is 39.0 Å². The SMILES string of the molecule is Cc1sc2nc(CSc3nnc(C)n3Cc3ccccc3)[nH]c(=O)c2c1C. The summed E-state index contributed by atoms with van der Waals surface area (Å²) in [5, 5.41) is 10.0. The van der Waals surface area contributed by atoms with Crippen LogP contribution in [-0.2, 0) is 12.3 Å². The largest absolute Gasteiger partial charge is 0.309 e. The fourth-order valence-corrected chi connectivity index (χ4v) is 4.82. The van der Waals surface area contributed by atoms with Gasteiger partial charge in [-0.25, -0.2) is 4.98 Å². The molecule has 6 nitrogen and oxygen atoms in total. The van der Waals surface area contributed by atoms with Crippen LogP contribution in [0.4, 0.5) is 0 Å². The minimum absolute atomic E-state index is 0.0700. The van der Waals surface area contributed by atoms with E-state index in [9.17, 15) is 4.79 Å². The fraction of sp³-hybridized carbons (Fsp3) is 0.263. The first-order chi connectivity index (χ1) is 13.0. The summed E-state index contributed by atoms with van der Waals surface area (Å²) in [7, 11) is 0. The first-order valence-corrected chi connectivity index (χ1v) is 10.4. The second kappa shape index (κ2) is 7.28. The summed E-state index contributed by atoms with van der Waals surface area (Å²) in [4.78, 5) is 21.9. The number of hydrogen-bond acceptors (Lipinski definition) is 6. The molecule has 0 aliphatic carbocycles. The molecule has 4 rings (SSSR count). The highest BCUT2D eigenvalue weighted by molar-refractivity contribution is 7.98. The van der Waals surface area contributed by atoms with Crippen LogP contribution >= 0.6 is 23.1 Å². The Balaban J connectivity index is 1.58. The third kappa shape index (κ3) is 3.54. The van der Waals surface area contributed by atoms with Crippen molar-refractivity contribution in [2.75, 3.05) is 0 Å². The topological polar surface area (TPSA) is 76.5 Å². The summed E-state index contributed by atoms with van der Waals surface area (Å²) in [6.45, 7) is 6.65. The Kier molecular flexibility index (Phi) is 4.84.